The van der Waals surface area contributed by atoms with Crippen molar-refractivity contribution in [3.05, 3.63) is 59.3 Å². The lowest BCUT2D eigenvalue weighted by Crippen LogP contribution is -2.00. The van der Waals surface area contributed by atoms with E-state index in [1.165, 1.54) is 10.8 Å². The zero-order valence-electron chi connectivity index (χ0n) is 10.8. The molecule has 0 bridgehead atoms. The first-order valence-electron chi connectivity index (χ1n) is 6.43. The average molecular weight is 250 g/mol. The van der Waals surface area contributed by atoms with Gasteiger partial charge >= 0.3 is 0 Å². The van der Waals surface area contributed by atoms with Crippen LogP contribution in [0.5, 0.6) is 0 Å². The van der Waals surface area contributed by atoms with Crippen LogP contribution in [-0.2, 0) is 11.2 Å². The van der Waals surface area contributed by atoms with Gasteiger partial charge in [0.05, 0.1) is 5.70 Å². The number of carbonyl (C=O) groups is 1. The van der Waals surface area contributed by atoms with Gasteiger partial charge in [-0.25, -0.2) is 0 Å². The molecule has 0 unspecified atom stereocenters. The average Bonchev–Trinajstić information content (AvgIpc) is 2.79. The summed E-state index contributed by atoms with van der Waals surface area (Å²) in [5.74, 6) is -0.190. The van der Waals surface area contributed by atoms with Crippen molar-refractivity contribution in [2.45, 2.75) is 19.8 Å². The smallest absolute Gasteiger partial charge is 0.265 e. The molecule has 2 aromatic carbocycles. The summed E-state index contributed by atoms with van der Waals surface area (Å²) in [5.41, 5.74) is 2.68. The van der Waals surface area contributed by atoms with Crippen LogP contribution in [0.3, 0.4) is 0 Å². The zero-order valence-corrected chi connectivity index (χ0v) is 10.8. The Morgan fingerprint density at radius 3 is 2.58 bits per heavy atom. The molecule has 19 heavy (non-hydrogen) atoms. The Hall–Kier alpha value is -2.29. The lowest BCUT2D eigenvalue weighted by Gasteiger charge is -2.04. The third-order valence-electron chi connectivity index (χ3n) is 3.40. The van der Waals surface area contributed by atoms with Crippen molar-refractivity contribution in [3.8, 4) is 0 Å². The summed E-state index contributed by atoms with van der Waals surface area (Å²) in [7, 11) is 0. The summed E-state index contributed by atoms with van der Waals surface area (Å²) < 4.78 is 0. The number of allylic oxidation sites excluding steroid dienone is 1. The van der Waals surface area contributed by atoms with Crippen LogP contribution in [0.1, 0.15) is 18.9 Å². The Morgan fingerprint density at radius 1 is 1.00 bits per heavy atom. The molecule has 94 valence electrons. The molecule has 0 fully saturated rings. The molecule has 0 atom stereocenters. The first-order valence-corrected chi connectivity index (χ1v) is 6.43. The molecule has 0 spiro atoms. The van der Waals surface area contributed by atoms with Gasteiger partial charge in [0.15, 0.2) is 0 Å². The molecule has 0 saturated carbocycles. The Balaban J connectivity index is 1.96. The molecule has 0 aromatic heterocycles. The van der Waals surface area contributed by atoms with Crippen LogP contribution in [0.15, 0.2) is 64.0 Å². The highest BCUT2D eigenvalue weighted by Gasteiger charge is 2.20. The van der Waals surface area contributed by atoms with Gasteiger partial charge in [0, 0.05) is 12.0 Å². The minimum Gasteiger partial charge on any atom is -0.265 e. The molecule has 0 saturated heterocycles. The van der Waals surface area contributed by atoms with E-state index in [9.17, 15) is 4.79 Å². The van der Waals surface area contributed by atoms with Crippen molar-refractivity contribution in [1.82, 2.24) is 0 Å². The largest absolute Gasteiger partial charge is 0.293 e. The number of amides is 1. The predicted molar refractivity (Wildman–Crippen MR) is 74.8 cm³/mol. The maximum absolute atomic E-state index is 11.7. The second kappa shape index (κ2) is 4.76. The highest BCUT2D eigenvalue weighted by Crippen LogP contribution is 2.24. The summed E-state index contributed by atoms with van der Waals surface area (Å²) in [6.07, 6.45) is 1.36. The van der Waals surface area contributed by atoms with Crippen LogP contribution in [0, 0.1) is 0 Å². The van der Waals surface area contributed by atoms with Gasteiger partial charge in [-0.3, -0.25) is 4.79 Å². The number of fused-ring (bicyclic) bond motifs is 1. The summed E-state index contributed by atoms with van der Waals surface area (Å²) >= 11 is 0. The number of hydrogen-bond acceptors (Lipinski definition) is 2. The van der Waals surface area contributed by atoms with Crippen LogP contribution in [-0.4, -0.2) is 5.91 Å². The standard InChI is InChI=1S/C16H14N2O/c1-2-15-14(16(19)18-17-15)10-11-7-8-12-5-3-4-6-13(12)9-11/h3-9H,2,10H2,1H3. The molecule has 1 aliphatic rings. The molecule has 0 N–H and O–H groups in total. The quantitative estimate of drug-likeness (QED) is 0.810. The molecule has 1 amide bonds. The Bertz CT molecular complexity index is 714. The molecule has 3 nitrogen and oxygen atoms in total. The summed E-state index contributed by atoms with van der Waals surface area (Å²) in [5, 5.41) is 9.97. The minimum absolute atomic E-state index is 0.190. The van der Waals surface area contributed by atoms with Gasteiger partial charge < -0.3 is 0 Å². The molecule has 0 radical (unpaired) electrons. The maximum atomic E-state index is 11.7. The number of benzene rings is 2. The molecular weight excluding hydrogens is 236 g/mol. The van der Waals surface area contributed by atoms with E-state index in [2.05, 4.69) is 40.6 Å². The van der Waals surface area contributed by atoms with Crippen molar-refractivity contribution in [3.63, 3.8) is 0 Å². The molecule has 2 aromatic rings. The maximum Gasteiger partial charge on any atom is 0.293 e. The van der Waals surface area contributed by atoms with Crippen molar-refractivity contribution in [1.29, 1.82) is 0 Å². The van der Waals surface area contributed by atoms with E-state index in [4.69, 9.17) is 0 Å². The van der Waals surface area contributed by atoms with Gasteiger partial charge in [0.1, 0.15) is 0 Å². The van der Waals surface area contributed by atoms with E-state index in [1.807, 2.05) is 19.1 Å². The molecule has 1 heterocycles. The number of hydrogen-bond donors (Lipinski definition) is 0. The second-order valence-corrected chi connectivity index (χ2v) is 4.64. The number of rotatable bonds is 3. The van der Waals surface area contributed by atoms with Gasteiger partial charge in [-0.1, -0.05) is 49.4 Å². The fraction of sp³-hybridized carbons (Fsp3) is 0.188. The number of nitrogens with zero attached hydrogens (tertiary/aromatic N) is 2. The highest BCUT2D eigenvalue weighted by atomic mass is 16.2. The molecule has 3 rings (SSSR count). The van der Waals surface area contributed by atoms with E-state index in [0.29, 0.717) is 6.42 Å². The Morgan fingerprint density at radius 2 is 1.79 bits per heavy atom. The highest BCUT2D eigenvalue weighted by molar-refractivity contribution is 5.96. The zero-order chi connectivity index (χ0) is 13.2. The third-order valence-corrected chi connectivity index (χ3v) is 3.40. The topological polar surface area (TPSA) is 41.8 Å². The Labute approximate surface area is 111 Å². The monoisotopic (exact) mass is 250 g/mol. The summed E-state index contributed by atoms with van der Waals surface area (Å²) in [4.78, 5) is 11.7. The van der Waals surface area contributed by atoms with Gasteiger partial charge in [-0.15, -0.1) is 5.11 Å². The van der Waals surface area contributed by atoms with E-state index in [0.717, 1.165) is 23.3 Å². The number of carbonyl (C=O) groups excluding carboxylic acids is 1. The molecule has 3 heteroatoms. The van der Waals surface area contributed by atoms with Gasteiger partial charge in [0.2, 0.25) is 0 Å². The van der Waals surface area contributed by atoms with Crippen molar-refractivity contribution in [2.24, 2.45) is 10.2 Å². The summed E-state index contributed by atoms with van der Waals surface area (Å²) in [6, 6.07) is 14.5. The van der Waals surface area contributed by atoms with E-state index in [-0.39, 0.29) is 5.91 Å². The van der Waals surface area contributed by atoms with E-state index in [1.54, 1.807) is 0 Å². The lowest BCUT2D eigenvalue weighted by molar-refractivity contribution is -0.114. The van der Waals surface area contributed by atoms with Crippen LogP contribution in [0.25, 0.3) is 10.8 Å². The third kappa shape index (κ3) is 2.19. The molecular formula is C16H14N2O. The van der Waals surface area contributed by atoms with Crippen molar-refractivity contribution < 1.29 is 4.79 Å². The van der Waals surface area contributed by atoms with Crippen LogP contribution in [0.2, 0.25) is 0 Å². The predicted octanol–water partition coefficient (Wildman–Crippen LogP) is 4.04. The molecule has 0 aliphatic carbocycles. The number of azo groups is 1. The molecule has 1 aliphatic heterocycles. The minimum atomic E-state index is -0.190. The lowest BCUT2D eigenvalue weighted by atomic mass is 9.99. The van der Waals surface area contributed by atoms with Crippen LogP contribution >= 0.6 is 0 Å². The summed E-state index contributed by atoms with van der Waals surface area (Å²) in [6.45, 7) is 1.99. The first kappa shape index (κ1) is 11.8. The van der Waals surface area contributed by atoms with Crippen LogP contribution in [0.4, 0.5) is 0 Å². The Kier molecular flexibility index (Phi) is 2.95. The van der Waals surface area contributed by atoms with Crippen LogP contribution < -0.4 is 0 Å². The van der Waals surface area contributed by atoms with Gasteiger partial charge in [0.25, 0.3) is 5.91 Å². The van der Waals surface area contributed by atoms with E-state index < -0.39 is 0 Å². The van der Waals surface area contributed by atoms with E-state index >= 15 is 0 Å². The van der Waals surface area contributed by atoms with Crippen molar-refractivity contribution in [2.75, 3.05) is 0 Å². The fourth-order valence-electron chi connectivity index (χ4n) is 2.36. The SMILES string of the molecule is CCC1=C(Cc2ccc3ccccc3c2)C(=O)N=N1. The van der Waals surface area contributed by atoms with Gasteiger partial charge in [-0.05, 0) is 22.8 Å². The first-order chi connectivity index (χ1) is 9.28. The normalized spacial score (nSPS) is 14.7. The fourth-order valence-corrected chi connectivity index (χ4v) is 2.36. The van der Waals surface area contributed by atoms with Crippen molar-refractivity contribution >= 4 is 16.7 Å². The van der Waals surface area contributed by atoms with Gasteiger partial charge in [-0.2, -0.15) is 5.11 Å². The second-order valence-electron chi connectivity index (χ2n) is 4.64.